The van der Waals surface area contributed by atoms with Gasteiger partial charge in [-0.15, -0.1) is 0 Å². The lowest BCUT2D eigenvalue weighted by molar-refractivity contribution is 0.419. The lowest BCUT2D eigenvalue weighted by Crippen LogP contribution is -1.95. The minimum Gasteiger partial charge on any atom is -0.494 e. The number of hydrogen-bond donors (Lipinski definition) is 0. The molecule has 1 aromatic carbocycles. The molecule has 0 amide bonds. The Bertz CT molecular complexity index is 990. The van der Waals surface area contributed by atoms with Crippen LogP contribution in [0.1, 0.15) is 5.69 Å². The minimum absolute atomic E-state index is 0.768. The largest absolute Gasteiger partial charge is 0.494 e. The van der Waals surface area contributed by atoms with E-state index in [0.717, 1.165) is 39.3 Å². The quantitative estimate of drug-likeness (QED) is 0.568. The third-order valence-electron chi connectivity index (χ3n) is 3.73. The molecule has 0 spiro atoms. The number of benzene rings is 1. The maximum Gasteiger partial charge on any atom is 0.154 e. The molecule has 0 atom stereocenters. The molecule has 4 aromatic rings. The van der Waals surface area contributed by atoms with Gasteiger partial charge in [0.25, 0.3) is 0 Å². The molecule has 0 aliphatic carbocycles. The van der Waals surface area contributed by atoms with Gasteiger partial charge in [0.1, 0.15) is 11.3 Å². The molecule has 0 radical (unpaired) electrons. The fraction of sp³-hybridized carbons (Fsp3) is 0.118. The Kier molecular flexibility index (Phi) is 2.79. The average molecular weight is 290 g/mol. The summed E-state index contributed by atoms with van der Waals surface area (Å²) in [4.78, 5) is 9.03. The van der Waals surface area contributed by atoms with Crippen LogP contribution in [-0.2, 0) is 0 Å². The lowest BCUT2D eigenvalue weighted by atomic mass is 10.0. The van der Waals surface area contributed by atoms with Gasteiger partial charge >= 0.3 is 0 Å². The van der Waals surface area contributed by atoms with E-state index in [1.807, 2.05) is 48.0 Å². The second-order valence-electron chi connectivity index (χ2n) is 5.10. The van der Waals surface area contributed by atoms with E-state index in [2.05, 4.69) is 21.1 Å². The van der Waals surface area contributed by atoms with Gasteiger partial charge in [-0.05, 0) is 37.3 Å². The SMILES string of the molecule is COc1ccc(-c2cnc3cccnn23)c2ccc(C)nc12. The zero-order valence-electron chi connectivity index (χ0n) is 12.3. The first-order valence-electron chi connectivity index (χ1n) is 7.01. The first-order chi connectivity index (χ1) is 10.8. The molecular weight excluding hydrogens is 276 g/mol. The van der Waals surface area contributed by atoms with Crippen molar-refractivity contribution in [3.63, 3.8) is 0 Å². The van der Waals surface area contributed by atoms with Crippen LogP contribution in [-0.4, -0.2) is 26.7 Å². The van der Waals surface area contributed by atoms with Crippen LogP contribution in [0, 0.1) is 6.92 Å². The molecule has 0 aliphatic rings. The van der Waals surface area contributed by atoms with Gasteiger partial charge in [-0.25, -0.2) is 14.5 Å². The van der Waals surface area contributed by atoms with Gasteiger partial charge in [0.2, 0.25) is 0 Å². The van der Waals surface area contributed by atoms with E-state index in [9.17, 15) is 0 Å². The third kappa shape index (κ3) is 1.83. The van der Waals surface area contributed by atoms with Crippen molar-refractivity contribution in [2.75, 3.05) is 7.11 Å². The molecule has 0 fully saturated rings. The van der Waals surface area contributed by atoms with Crippen molar-refractivity contribution >= 4 is 16.6 Å². The minimum atomic E-state index is 0.768. The first-order valence-corrected chi connectivity index (χ1v) is 7.01. The summed E-state index contributed by atoms with van der Waals surface area (Å²) >= 11 is 0. The van der Waals surface area contributed by atoms with Crippen molar-refractivity contribution in [3.8, 4) is 17.0 Å². The predicted octanol–water partition coefficient (Wildman–Crippen LogP) is 3.26. The number of hydrogen-bond acceptors (Lipinski definition) is 4. The summed E-state index contributed by atoms with van der Waals surface area (Å²) in [6.07, 6.45) is 3.59. The summed E-state index contributed by atoms with van der Waals surface area (Å²) < 4.78 is 7.28. The topological polar surface area (TPSA) is 52.3 Å². The second kappa shape index (κ2) is 4.80. The molecular formula is C17H14N4O. The standard InChI is InChI=1S/C17H14N4O/c1-11-5-6-13-12(7-8-15(22-2)17(13)20-11)14-10-18-16-4-3-9-19-21(14)16/h3-10H,1-2H3. The van der Waals surface area contributed by atoms with Crippen molar-refractivity contribution in [2.45, 2.75) is 6.92 Å². The van der Waals surface area contributed by atoms with Gasteiger partial charge < -0.3 is 4.74 Å². The monoisotopic (exact) mass is 290 g/mol. The average Bonchev–Trinajstić information content (AvgIpc) is 2.97. The normalized spacial score (nSPS) is 11.2. The van der Waals surface area contributed by atoms with Crippen molar-refractivity contribution < 1.29 is 4.74 Å². The highest BCUT2D eigenvalue weighted by Crippen LogP contribution is 2.33. The molecule has 22 heavy (non-hydrogen) atoms. The zero-order valence-corrected chi connectivity index (χ0v) is 12.3. The number of aryl methyl sites for hydroxylation is 1. The Morgan fingerprint density at radius 2 is 2.00 bits per heavy atom. The van der Waals surface area contributed by atoms with E-state index in [-0.39, 0.29) is 0 Å². The molecule has 0 N–H and O–H groups in total. The molecule has 108 valence electrons. The Morgan fingerprint density at radius 1 is 1.09 bits per heavy atom. The fourth-order valence-electron chi connectivity index (χ4n) is 2.69. The van der Waals surface area contributed by atoms with Crippen LogP contribution in [0.2, 0.25) is 0 Å². The fourth-order valence-corrected chi connectivity index (χ4v) is 2.69. The molecule has 0 saturated heterocycles. The summed E-state index contributed by atoms with van der Waals surface area (Å²) in [5.41, 5.74) is 4.61. The zero-order chi connectivity index (χ0) is 15.1. The molecule has 3 aromatic heterocycles. The number of nitrogens with zero attached hydrogens (tertiary/aromatic N) is 4. The highest BCUT2D eigenvalue weighted by Gasteiger charge is 2.13. The number of fused-ring (bicyclic) bond motifs is 2. The summed E-state index contributed by atoms with van der Waals surface area (Å²) in [7, 11) is 1.66. The number of methoxy groups -OCH3 is 1. The van der Waals surface area contributed by atoms with E-state index in [4.69, 9.17) is 4.74 Å². The molecule has 0 unspecified atom stereocenters. The molecule has 4 rings (SSSR count). The van der Waals surface area contributed by atoms with Crippen LogP contribution in [0.3, 0.4) is 0 Å². The Morgan fingerprint density at radius 3 is 2.86 bits per heavy atom. The van der Waals surface area contributed by atoms with Crippen molar-refractivity contribution in [1.82, 2.24) is 19.6 Å². The van der Waals surface area contributed by atoms with Crippen molar-refractivity contribution in [3.05, 3.63) is 54.5 Å². The summed E-state index contributed by atoms with van der Waals surface area (Å²) in [5, 5.41) is 5.41. The van der Waals surface area contributed by atoms with E-state index >= 15 is 0 Å². The van der Waals surface area contributed by atoms with E-state index in [1.54, 1.807) is 13.3 Å². The predicted molar refractivity (Wildman–Crippen MR) is 85.0 cm³/mol. The van der Waals surface area contributed by atoms with Crippen molar-refractivity contribution in [1.29, 1.82) is 0 Å². The van der Waals surface area contributed by atoms with Crippen LogP contribution in [0.4, 0.5) is 0 Å². The molecule has 5 heteroatoms. The van der Waals surface area contributed by atoms with Gasteiger partial charge in [-0.1, -0.05) is 6.07 Å². The molecule has 0 saturated carbocycles. The van der Waals surface area contributed by atoms with Crippen LogP contribution >= 0.6 is 0 Å². The van der Waals surface area contributed by atoms with Crippen LogP contribution < -0.4 is 4.74 Å². The Balaban J connectivity index is 2.07. The Hall–Kier alpha value is -2.95. The highest BCUT2D eigenvalue weighted by molar-refractivity contribution is 5.97. The number of rotatable bonds is 2. The van der Waals surface area contributed by atoms with E-state index in [1.165, 1.54) is 0 Å². The molecule has 0 bridgehead atoms. The van der Waals surface area contributed by atoms with Gasteiger partial charge in [-0.3, -0.25) is 0 Å². The van der Waals surface area contributed by atoms with Crippen LogP contribution in [0.5, 0.6) is 5.75 Å². The van der Waals surface area contributed by atoms with E-state index in [0.29, 0.717) is 0 Å². The second-order valence-corrected chi connectivity index (χ2v) is 5.10. The van der Waals surface area contributed by atoms with Gasteiger partial charge in [0, 0.05) is 22.8 Å². The van der Waals surface area contributed by atoms with Gasteiger partial charge in [0.05, 0.1) is 19.0 Å². The summed E-state index contributed by atoms with van der Waals surface area (Å²) in [6, 6.07) is 11.8. The highest BCUT2D eigenvalue weighted by atomic mass is 16.5. The van der Waals surface area contributed by atoms with Crippen LogP contribution in [0.15, 0.2) is 48.8 Å². The van der Waals surface area contributed by atoms with Gasteiger partial charge in [0.15, 0.2) is 5.65 Å². The maximum atomic E-state index is 5.44. The smallest absolute Gasteiger partial charge is 0.154 e. The summed E-state index contributed by atoms with van der Waals surface area (Å²) in [6.45, 7) is 1.97. The molecule has 5 nitrogen and oxygen atoms in total. The molecule has 0 aliphatic heterocycles. The first kappa shape index (κ1) is 12.8. The van der Waals surface area contributed by atoms with Crippen molar-refractivity contribution in [2.24, 2.45) is 0 Å². The molecule has 3 heterocycles. The maximum absolute atomic E-state index is 5.44. The van der Waals surface area contributed by atoms with E-state index < -0.39 is 0 Å². The third-order valence-corrected chi connectivity index (χ3v) is 3.73. The van der Waals surface area contributed by atoms with Gasteiger partial charge in [-0.2, -0.15) is 5.10 Å². The Labute approximate surface area is 127 Å². The number of aromatic nitrogens is 4. The lowest BCUT2D eigenvalue weighted by Gasteiger charge is -2.10. The number of imidazole rings is 1. The number of ether oxygens (including phenoxy) is 1. The van der Waals surface area contributed by atoms with Crippen LogP contribution in [0.25, 0.3) is 27.8 Å². The number of pyridine rings is 1. The summed E-state index contributed by atoms with van der Waals surface area (Å²) in [5.74, 6) is 0.768.